The minimum absolute atomic E-state index is 0.0793. The Labute approximate surface area is 129 Å². The molecule has 0 aromatic carbocycles. The first-order valence-corrected chi connectivity index (χ1v) is 8.62. The molecule has 2 N–H and O–H groups in total. The highest BCUT2D eigenvalue weighted by atomic mass is 32.1. The molecule has 2 rings (SSSR count). The molecule has 1 fully saturated rings. The van der Waals surface area contributed by atoms with Crippen LogP contribution in [-0.4, -0.2) is 16.7 Å². The molecule has 0 radical (unpaired) electrons. The number of hydrogen-bond donors (Lipinski definition) is 2. The standard InChI is InChI=1S/C17H30N2S/c1-13-9-11-14(12-10-13)17(2,3)19-16(20)18-15-7-5-4-6-8-15/h9,14-15H,4-8,10-12H2,1-3H3,(H2,18,19,20)/t14-/m0/s1. The van der Waals surface area contributed by atoms with Gasteiger partial charge in [0.1, 0.15) is 0 Å². The lowest BCUT2D eigenvalue weighted by Crippen LogP contribution is -2.54. The summed E-state index contributed by atoms with van der Waals surface area (Å²) in [5.74, 6) is 0.678. The van der Waals surface area contributed by atoms with E-state index in [0.29, 0.717) is 12.0 Å². The van der Waals surface area contributed by atoms with Crippen LogP contribution in [0.25, 0.3) is 0 Å². The molecule has 0 amide bonds. The van der Waals surface area contributed by atoms with Gasteiger partial charge in [0.05, 0.1) is 0 Å². The van der Waals surface area contributed by atoms with Crippen molar-refractivity contribution in [2.45, 2.75) is 83.7 Å². The maximum Gasteiger partial charge on any atom is 0.166 e. The summed E-state index contributed by atoms with van der Waals surface area (Å²) >= 11 is 5.54. The minimum atomic E-state index is 0.0793. The van der Waals surface area contributed by atoms with Crippen molar-refractivity contribution in [1.29, 1.82) is 0 Å². The van der Waals surface area contributed by atoms with Gasteiger partial charge in [-0.05, 0) is 71.0 Å². The maximum atomic E-state index is 5.54. The van der Waals surface area contributed by atoms with Crippen LogP contribution in [0.1, 0.15) is 72.1 Å². The van der Waals surface area contributed by atoms with E-state index >= 15 is 0 Å². The van der Waals surface area contributed by atoms with Gasteiger partial charge in [0, 0.05) is 11.6 Å². The molecule has 2 nitrogen and oxygen atoms in total. The number of rotatable bonds is 3. The Morgan fingerprint density at radius 1 is 1.20 bits per heavy atom. The molecule has 1 atom stereocenters. The second kappa shape index (κ2) is 6.93. The van der Waals surface area contributed by atoms with Gasteiger partial charge in [-0.25, -0.2) is 0 Å². The van der Waals surface area contributed by atoms with Gasteiger partial charge < -0.3 is 10.6 Å². The second-order valence-electron chi connectivity index (χ2n) is 7.18. The summed E-state index contributed by atoms with van der Waals surface area (Å²) in [4.78, 5) is 0. The summed E-state index contributed by atoms with van der Waals surface area (Å²) in [6.07, 6.45) is 12.7. The first-order chi connectivity index (χ1) is 9.47. The molecule has 0 aromatic heterocycles. The number of hydrogen-bond acceptors (Lipinski definition) is 1. The van der Waals surface area contributed by atoms with Crippen molar-refractivity contribution in [3.05, 3.63) is 11.6 Å². The van der Waals surface area contributed by atoms with Gasteiger partial charge in [-0.3, -0.25) is 0 Å². The zero-order chi connectivity index (χ0) is 14.6. The minimum Gasteiger partial charge on any atom is -0.360 e. The van der Waals surface area contributed by atoms with E-state index in [1.807, 2.05) is 0 Å². The van der Waals surface area contributed by atoms with Crippen molar-refractivity contribution in [2.24, 2.45) is 5.92 Å². The molecule has 114 valence electrons. The Bertz CT molecular complexity index is 367. The van der Waals surface area contributed by atoms with E-state index < -0.39 is 0 Å². The van der Waals surface area contributed by atoms with Crippen LogP contribution in [0.2, 0.25) is 0 Å². The van der Waals surface area contributed by atoms with Crippen LogP contribution < -0.4 is 10.6 Å². The molecule has 3 heteroatoms. The van der Waals surface area contributed by atoms with Gasteiger partial charge in [0.25, 0.3) is 0 Å². The van der Waals surface area contributed by atoms with Gasteiger partial charge in [-0.15, -0.1) is 0 Å². The molecule has 20 heavy (non-hydrogen) atoms. The molecule has 0 bridgehead atoms. The number of nitrogens with one attached hydrogen (secondary N) is 2. The van der Waals surface area contributed by atoms with Gasteiger partial charge in [-0.2, -0.15) is 0 Å². The van der Waals surface area contributed by atoms with Crippen molar-refractivity contribution in [3.8, 4) is 0 Å². The van der Waals surface area contributed by atoms with E-state index in [0.717, 1.165) is 5.11 Å². The highest BCUT2D eigenvalue weighted by Crippen LogP contribution is 2.31. The molecule has 0 aromatic rings. The lowest BCUT2D eigenvalue weighted by molar-refractivity contribution is 0.263. The summed E-state index contributed by atoms with van der Waals surface area (Å²) in [5, 5.41) is 7.96. The molecule has 0 heterocycles. The Morgan fingerprint density at radius 3 is 2.50 bits per heavy atom. The predicted molar refractivity (Wildman–Crippen MR) is 90.9 cm³/mol. The summed E-state index contributed by atoms with van der Waals surface area (Å²) in [6.45, 7) is 6.83. The molecule has 0 spiro atoms. The van der Waals surface area contributed by atoms with E-state index in [-0.39, 0.29) is 5.54 Å². The van der Waals surface area contributed by atoms with Crippen LogP contribution in [0.4, 0.5) is 0 Å². The Morgan fingerprint density at radius 2 is 1.90 bits per heavy atom. The van der Waals surface area contributed by atoms with Crippen molar-refractivity contribution in [2.75, 3.05) is 0 Å². The zero-order valence-electron chi connectivity index (χ0n) is 13.3. The van der Waals surface area contributed by atoms with Crippen molar-refractivity contribution in [1.82, 2.24) is 10.6 Å². The van der Waals surface area contributed by atoms with Crippen molar-refractivity contribution < 1.29 is 0 Å². The highest BCUT2D eigenvalue weighted by Gasteiger charge is 2.31. The Balaban J connectivity index is 1.82. The van der Waals surface area contributed by atoms with Crippen LogP contribution in [0.5, 0.6) is 0 Å². The highest BCUT2D eigenvalue weighted by molar-refractivity contribution is 7.80. The maximum absolute atomic E-state index is 5.54. The SMILES string of the molecule is CC1=CC[C@H](C(C)(C)NC(=S)NC2CCCCC2)CC1. The van der Waals surface area contributed by atoms with Gasteiger partial charge >= 0.3 is 0 Å². The quantitative estimate of drug-likeness (QED) is 0.599. The van der Waals surface area contributed by atoms with E-state index in [2.05, 4.69) is 37.5 Å². The molecular weight excluding hydrogens is 264 g/mol. The fourth-order valence-corrected chi connectivity index (χ4v) is 3.91. The molecule has 2 aliphatic rings. The van der Waals surface area contributed by atoms with Gasteiger partial charge in [0.15, 0.2) is 5.11 Å². The monoisotopic (exact) mass is 294 g/mol. The van der Waals surface area contributed by atoms with Crippen LogP contribution in [0.15, 0.2) is 11.6 Å². The fourth-order valence-electron chi connectivity index (χ4n) is 3.48. The topological polar surface area (TPSA) is 24.1 Å². The Hall–Kier alpha value is -0.570. The lowest BCUT2D eigenvalue weighted by atomic mass is 9.77. The Kier molecular flexibility index (Phi) is 5.48. The van der Waals surface area contributed by atoms with Crippen molar-refractivity contribution in [3.63, 3.8) is 0 Å². The van der Waals surface area contributed by atoms with Crippen LogP contribution in [0.3, 0.4) is 0 Å². The summed E-state index contributed by atoms with van der Waals surface area (Å²) in [6, 6.07) is 0.591. The normalized spacial score (nSPS) is 24.9. The van der Waals surface area contributed by atoms with Crippen LogP contribution in [0, 0.1) is 5.92 Å². The fraction of sp³-hybridized carbons (Fsp3) is 0.824. The molecule has 1 saturated carbocycles. The predicted octanol–water partition coefficient (Wildman–Crippen LogP) is 4.31. The smallest absolute Gasteiger partial charge is 0.166 e. The summed E-state index contributed by atoms with van der Waals surface area (Å²) in [7, 11) is 0. The molecule has 0 unspecified atom stereocenters. The summed E-state index contributed by atoms with van der Waals surface area (Å²) in [5.41, 5.74) is 1.62. The van der Waals surface area contributed by atoms with Crippen LogP contribution in [-0.2, 0) is 0 Å². The first kappa shape index (κ1) is 15.8. The van der Waals surface area contributed by atoms with Gasteiger partial charge in [0.2, 0.25) is 0 Å². The molecule has 0 saturated heterocycles. The third kappa shape index (κ3) is 4.47. The average Bonchev–Trinajstić information content (AvgIpc) is 2.39. The zero-order valence-corrected chi connectivity index (χ0v) is 14.1. The average molecular weight is 295 g/mol. The van der Waals surface area contributed by atoms with E-state index in [1.165, 1.54) is 51.4 Å². The third-order valence-electron chi connectivity index (χ3n) is 5.03. The largest absolute Gasteiger partial charge is 0.360 e. The van der Waals surface area contributed by atoms with Crippen LogP contribution >= 0.6 is 12.2 Å². The lowest BCUT2D eigenvalue weighted by Gasteiger charge is -2.38. The third-order valence-corrected chi connectivity index (χ3v) is 5.25. The van der Waals surface area contributed by atoms with E-state index in [9.17, 15) is 0 Å². The van der Waals surface area contributed by atoms with Crippen molar-refractivity contribution >= 4 is 17.3 Å². The summed E-state index contributed by atoms with van der Waals surface area (Å²) < 4.78 is 0. The molecule has 0 aliphatic heterocycles. The molecular formula is C17H30N2S. The number of allylic oxidation sites excluding steroid dienone is 2. The number of thiocarbonyl (C=S) groups is 1. The second-order valence-corrected chi connectivity index (χ2v) is 7.59. The first-order valence-electron chi connectivity index (χ1n) is 8.21. The van der Waals surface area contributed by atoms with E-state index in [4.69, 9.17) is 12.2 Å². The van der Waals surface area contributed by atoms with Gasteiger partial charge in [-0.1, -0.05) is 30.9 Å². The molecule has 2 aliphatic carbocycles. The van der Waals surface area contributed by atoms with E-state index in [1.54, 1.807) is 5.57 Å².